The Labute approximate surface area is 154 Å². The van der Waals surface area contributed by atoms with E-state index >= 15 is 0 Å². The van der Waals surface area contributed by atoms with E-state index in [1.807, 2.05) is 0 Å². The number of hydrogen-bond acceptors (Lipinski definition) is 3. The summed E-state index contributed by atoms with van der Waals surface area (Å²) in [4.78, 5) is 25.7. The van der Waals surface area contributed by atoms with E-state index in [2.05, 4.69) is 0 Å². The van der Waals surface area contributed by atoms with E-state index in [0.29, 0.717) is 0 Å². The average molecular weight is 291 g/mol. The molecule has 16 heavy (non-hydrogen) atoms. The molecule has 0 amide bonds. The summed E-state index contributed by atoms with van der Waals surface area (Å²) in [5.41, 5.74) is 0. The van der Waals surface area contributed by atoms with Gasteiger partial charge in [-0.2, -0.15) is 0 Å². The van der Waals surface area contributed by atoms with Gasteiger partial charge in [-0.05, 0) is 0 Å². The van der Waals surface area contributed by atoms with Crippen LogP contribution in [0.5, 0.6) is 0 Å². The van der Waals surface area contributed by atoms with E-state index in [1.54, 1.807) is 0 Å². The molecule has 0 saturated heterocycles. The molecule has 88 valence electrons. The minimum Gasteiger partial charge on any atom is -0.450 e. The molecule has 0 radical (unpaired) electrons. The van der Waals surface area contributed by atoms with Crippen LogP contribution in [0.3, 0.4) is 0 Å². The molecule has 9 nitrogen and oxygen atoms in total. The second-order valence-electron chi connectivity index (χ2n) is 0.848. The predicted molar refractivity (Wildman–Crippen MR) is 66.1 cm³/mol. The van der Waals surface area contributed by atoms with Crippen LogP contribution in [-0.4, -0.2) is 141 Å². The normalized spacial score (nSPS) is 4.50. The predicted octanol–water partition coefficient (Wildman–Crippen LogP) is -3.00. The van der Waals surface area contributed by atoms with Gasteiger partial charge in [0.25, 0.3) is 0 Å². The van der Waals surface area contributed by atoms with Crippen LogP contribution in [0.15, 0.2) is 0 Å². The standard InChI is InChI=1S/3CH2O3.4Mg.8H/c3*2-1(3)4;;;;;;;;;;;;/h3*(H2,2,3,4);;;;;;;;;;;;. The van der Waals surface area contributed by atoms with Crippen molar-refractivity contribution in [3.8, 4) is 0 Å². The Kier molecular flexibility index (Phi) is 98.2. The van der Waals surface area contributed by atoms with Crippen LogP contribution < -0.4 is 0 Å². The maximum Gasteiger partial charge on any atom is 0.503 e. The van der Waals surface area contributed by atoms with E-state index in [9.17, 15) is 0 Å². The lowest BCUT2D eigenvalue weighted by Gasteiger charge is -1.60. The van der Waals surface area contributed by atoms with E-state index in [-0.39, 0.29) is 92.2 Å². The Hall–Kier alpha value is 0.875. The molecule has 0 unspecified atom stereocenters. The highest BCUT2D eigenvalue weighted by molar-refractivity contribution is 5.76. The molecule has 0 saturated carbocycles. The molecule has 0 spiro atoms. The van der Waals surface area contributed by atoms with Crippen molar-refractivity contribution in [1.82, 2.24) is 0 Å². The molecule has 0 atom stereocenters. The zero-order valence-corrected chi connectivity index (χ0v) is 5.41. The first-order valence-electron chi connectivity index (χ1n) is 1.95. The van der Waals surface area contributed by atoms with Crippen molar-refractivity contribution < 1.29 is 45.0 Å². The van der Waals surface area contributed by atoms with Gasteiger partial charge in [-0.3, -0.25) is 0 Å². The molecule has 0 heterocycles. The van der Waals surface area contributed by atoms with Gasteiger partial charge in [0.05, 0.1) is 0 Å². The molecular weight excluding hydrogens is 277 g/mol. The SMILES string of the molecule is O=C(O)O.O=C(O)O.O=C(O)O.[MgH2].[MgH2].[MgH2].[MgH2]. The minimum atomic E-state index is -1.83. The number of rotatable bonds is 0. The largest absolute Gasteiger partial charge is 0.503 e. The second kappa shape index (κ2) is 36.0. The zero-order chi connectivity index (χ0) is 10.7. The Morgan fingerprint density at radius 3 is 0.438 bits per heavy atom. The summed E-state index contributed by atoms with van der Waals surface area (Å²) in [5.74, 6) is 0. The third kappa shape index (κ3) is 3740. The van der Waals surface area contributed by atoms with Crippen molar-refractivity contribution in [1.29, 1.82) is 0 Å². The summed E-state index contributed by atoms with van der Waals surface area (Å²) >= 11 is 0. The van der Waals surface area contributed by atoms with Gasteiger partial charge in [0.1, 0.15) is 0 Å². The third-order valence-electron chi connectivity index (χ3n) is 0. The van der Waals surface area contributed by atoms with Gasteiger partial charge in [-0.15, -0.1) is 0 Å². The smallest absolute Gasteiger partial charge is 0.450 e. The van der Waals surface area contributed by atoms with Crippen LogP contribution in [-0.2, 0) is 0 Å². The maximum atomic E-state index is 8.56. The lowest BCUT2D eigenvalue weighted by molar-refractivity contribution is 0.135. The molecule has 0 bridgehead atoms. The second-order valence-corrected chi connectivity index (χ2v) is 0.848. The van der Waals surface area contributed by atoms with E-state index in [0.717, 1.165) is 0 Å². The summed E-state index contributed by atoms with van der Waals surface area (Å²) in [6, 6.07) is 0. The van der Waals surface area contributed by atoms with Crippen molar-refractivity contribution in [2.45, 2.75) is 0 Å². The van der Waals surface area contributed by atoms with Crippen molar-refractivity contribution in [2.75, 3.05) is 0 Å². The Morgan fingerprint density at radius 1 is 0.438 bits per heavy atom. The highest BCUT2D eigenvalue weighted by Crippen LogP contribution is 1.43. The van der Waals surface area contributed by atoms with E-state index in [4.69, 9.17) is 45.0 Å². The highest BCUT2D eigenvalue weighted by atomic mass is 24.3. The lowest BCUT2D eigenvalue weighted by Crippen LogP contribution is -1.81. The van der Waals surface area contributed by atoms with Crippen LogP contribution in [0.25, 0.3) is 0 Å². The molecular formula is C3H14Mg4O9. The molecule has 0 aliphatic carbocycles. The summed E-state index contributed by atoms with van der Waals surface area (Å²) in [6.45, 7) is 0. The zero-order valence-electron chi connectivity index (χ0n) is 5.41. The molecule has 0 aromatic heterocycles. The molecule has 0 fully saturated rings. The molecule has 0 aliphatic heterocycles. The highest BCUT2D eigenvalue weighted by Gasteiger charge is 1.70. The molecule has 13 heteroatoms. The summed E-state index contributed by atoms with van der Waals surface area (Å²) in [7, 11) is 0. The van der Waals surface area contributed by atoms with Gasteiger partial charge in [0.15, 0.2) is 0 Å². The fraction of sp³-hybridized carbons (Fsp3) is 0. The first-order valence-corrected chi connectivity index (χ1v) is 1.95. The first kappa shape index (κ1) is 43.6. The van der Waals surface area contributed by atoms with Crippen molar-refractivity contribution in [3.63, 3.8) is 0 Å². The Balaban J connectivity index is -0.0000000135. The number of carbonyl (C=O) groups is 3. The number of hydrogen-bond donors (Lipinski definition) is 6. The van der Waals surface area contributed by atoms with Crippen LogP contribution in [0.2, 0.25) is 0 Å². The van der Waals surface area contributed by atoms with Crippen LogP contribution >= 0.6 is 0 Å². The average Bonchev–Trinajstić information content (AvgIpc) is 1.54. The third-order valence-corrected chi connectivity index (χ3v) is 0. The molecule has 0 rings (SSSR count). The Morgan fingerprint density at radius 2 is 0.438 bits per heavy atom. The quantitative estimate of drug-likeness (QED) is 0.254. The fourth-order valence-corrected chi connectivity index (χ4v) is 0. The molecule has 0 aromatic carbocycles. The fourth-order valence-electron chi connectivity index (χ4n) is 0. The molecule has 0 aliphatic rings. The van der Waals surface area contributed by atoms with Crippen LogP contribution in [0.1, 0.15) is 0 Å². The van der Waals surface area contributed by atoms with Gasteiger partial charge in [-0.1, -0.05) is 0 Å². The minimum absolute atomic E-state index is 0. The summed E-state index contributed by atoms with van der Waals surface area (Å²) in [5, 5.41) is 41.8. The molecule has 0 aromatic rings. The van der Waals surface area contributed by atoms with Gasteiger partial charge in [-0.25, -0.2) is 14.4 Å². The molecule has 6 N–H and O–H groups in total. The lowest BCUT2D eigenvalue weighted by atomic mass is 11.5. The summed E-state index contributed by atoms with van der Waals surface area (Å²) in [6.07, 6.45) is -5.50. The van der Waals surface area contributed by atoms with Crippen molar-refractivity contribution >= 4 is 111 Å². The Bertz CT molecular complexity index is 120. The van der Waals surface area contributed by atoms with Crippen LogP contribution in [0, 0.1) is 0 Å². The summed E-state index contributed by atoms with van der Waals surface area (Å²) < 4.78 is 0. The van der Waals surface area contributed by atoms with Gasteiger partial charge >= 0.3 is 111 Å². The van der Waals surface area contributed by atoms with Gasteiger partial charge in [0, 0.05) is 0 Å². The first-order chi connectivity index (χ1) is 5.20. The van der Waals surface area contributed by atoms with Crippen molar-refractivity contribution in [3.05, 3.63) is 0 Å². The van der Waals surface area contributed by atoms with E-state index < -0.39 is 18.5 Å². The maximum absolute atomic E-state index is 8.56. The topological polar surface area (TPSA) is 173 Å². The number of carboxylic acid groups (broad SMARTS) is 6. The van der Waals surface area contributed by atoms with Crippen molar-refractivity contribution in [2.24, 2.45) is 0 Å². The van der Waals surface area contributed by atoms with Gasteiger partial charge < -0.3 is 30.6 Å². The van der Waals surface area contributed by atoms with Crippen LogP contribution in [0.4, 0.5) is 14.4 Å². The van der Waals surface area contributed by atoms with E-state index in [1.165, 1.54) is 0 Å². The van der Waals surface area contributed by atoms with Gasteiger partial charge in [0.2, 0.25) is 0 Å². The monoisotopic (exact) mass is 290 g/mol.